The highest BCUT2D eigenvalue weighted by Crippen LogP contribution is 2.33. The Kier molecular flexibility index (Phi) is 7.65. The molecule has 0 aliphatic carbocycles. The van der Waals surface area contributed by atoms with Crippen LogP contribution in [0.4, 0.5) is 13.2 Å². The second-order valence-corrected chi connectivity index (χ2v) is 5.81. The molecule has 1 heterocycles. The normalized spacial score (nSPS) is 11.2. The van der Waals surface area contributed by atoms with Crippen molar-refractivity contribution in [1.29, 1.82) is 0 Å². The first-order valence-corrected chi connectivity index (χ1v) is 7.87. The summed E-state index contributed by atoms with van der Waals surface area (Å²) < 4.78 is 41.7. The van der Waals surface area contributed by atoms with E-state index in [4.69, 9.17) is 0 Å². The van der Waals surface area contributed by atoms with E-state index in [0.29, 0.717) is 12.2 Å². The second-order valence-electron chi connectivity index (χ2n) is 5.81. The van der Waals surface area contributed by atoms with Crippen LogP contribution >= 0.6 is 12.4 Å². The van der Waals surface area contributed by atoms with E-state index < -0.39 is 11.7 Å². The quantitative estimate of drug-likeness (QED) is 0.796. The third-order valence-electron chi connectivity index (χ3n) is 3.73. The third kappa shape index (κ3) is 5.47. The zero-order chi connectivity index (χ0) is 18.6. The van der Waals surface area contributed by atoms with Gasteiger partial charge in [-0.2, -0.15) is 18.3 Å². The number of benzene rings is 1. The van der Waals surface area contributed by atoms with Gasteiger partial charge in [0.15, 0.2) is 0 Å². The number of hydrogen-bond donors (Lipinski definition) is 2. The van der Waals surface area contributed by atoms with E-state index in [9.17, 15) is 18.0 Å². The molecular weight excluding hydrogens is 369 g/mol. The summed E-state index contributed by atoms with van der Waals surface area (Å²) in [5, 5.41) is 9.55. The maximum absolute atomic E-state index is 13.4. The van der Waals surface area contributed by atoms with Crippen LogP contribution < -0.4 is 10.6 Å². The Bertz CT molecular complexity index is 759. The average Bonchev–Trinajstić information content (AvgIpc) is 2.88. The van der Waals surface area contributed by atoms with Crippen LogP contribution in [0.25, 0.3) is 5.69 Å². The van der Waals surface area contributed by atoms with Gasteiger partial charge in [0.25, 0.3) is 0 Å². The molecule has 0 saturated carbocycles. The van der Waals surface area contributed by atoms with Gasteiger partial charge in [0, 0.05) is 25.2 Å². The van der Waals surface area contributed by atoms with E-state index >= 15 is 0 Å². The number of halogens is 4. The minimum Gasteiger partial charge on any atom is -0.352 e. The number of hydrogen-bond acceptors (Lipinski definition) is 3. The lowest BCUT2D eigenvalue weighted by Gasteiger charge is -2.16. The van der Waals surface area contributed by atoms with Crippen molar-refractivity contribution in [2.24, 2.45) is 0 Å². The zero-order valence-electron chi connectivity index (χ0n) is 14.8. The van der Waals surface area contributed by atoms with E-state index in [1.54, 1.807) is 33.0 Å². The predicted molar refractivity (Wildman–Crippen MR) is 95.7 cm³/mol. The van der Waals surface area contributed by atoms with E-state index in [1.165, 1.54) is 10.7 Å². The van der Waals surface area contributed by atoms with E-state index in [-0.39, 0.29) is 36.8 Å². The molecule has 0 atom stereocenters. The van der Waals surface area contributed by atoms with Gasteiger partial charge in [-0.3, -0.25) is 4.79 Å². The van der Waals surface area contributed by atoms with Crippen molar-refractivity contribution >= 4 is 18.3 Å². The highest BCUT2D eigenvalue weighted by atomic mass is 35.5. The lowest BCUT2D eigenvalue weighted by Crippen LogP contribution is -2.27. The topological polar surface area (TPSA) is 59.0 Å². The van der Waals surface area contributed by atoms with Gasteiger partial charge in [-0.05, 0) is 44.7 Å². The highest BCUT2D eigenvalue weighted by Gasteiger charge is 2.33. The van der Waals surface area contributed by atoms with Crippen LogP contribution in [0.15, 0.2) is 24.3 Å². The number of nitrogens with zero attached hydrogens (tertiary/aromatic N) is 2. The molecule has 0 aliphatic heterocycles. The molecule has 1 aromatic heterocycles. The number of carbonyl (C=O) groups excluding carboxylic acids is 1. The number of aromatic nitrogens is 2. The molecular formula is C17H22ClF3N4O. The maximum atomic E-state index is 13.4. The zero-order valence-corrected chi connectivity index (χ0v) is 15.6. The van der Waals surface area contributed by atoms with E-state index in [2.05, 4.69) is 15.7 Å². The summed E-state index contributed by atoms with van der Waals surface area (Å²) in [6.45, 7) is 3.86. The van der Waals surface area contributed by atoms with Crippen molar-refractivity contribution < 1.29 is 18.0 Å². The summed E-state index contributed by atoms with van der Waals surface area (Å²) in [5.41, 5.74) is 1.07. The van der Waals surface area contributed by atoms with Crippen molar-refractivity contribution in [1.82, 2.24) is 20.4 Å². The molecule has 0 unspecified atom stereocenters. The van der Waals surface area contributed by atoms with E-state index in [1.807, 2.05) is 0 Å². The van der Waals surface area contributed by atoms with Crippen LogP contribution in [-0.2, 0) is 17.5 Å². The minimum absolute atomic E-state index is 0. The molecule has 2 N–H and O–H groups in total. The van der Waals surface area contributed by atoms with Crippen LogP contribution in [0.5, 0.6) is 0 Å². The van der Waals surface area contributed by atoms with Gasteiger partial charge in [-0.15, -0.1) is 12.4 Å². The van der Waals surface area contributed by atoms with Gasteiger partial charge in [0.1, 0.15) is 0 Å². The molecule has 1 aromatic carbocycles. The summed E-state index contributed by atoms with van der Waals surface area (Å²) in [5.74, 6) is -0.301. The van der Waals surface area contributed by atoms with Gasteiger partial charge in [-0.25, -0.2) is 4.68 Å². The first-order valence-electron chi connectivity index (χ1n) is 7.87. The van der Waals surface area contributed by atoms with Crippen LogP contribution in [0.3, 0.4) is 0 Å². The summed E-state index contributed by atoms with van der Waals surface area (Å²) in [7, 11) is 1.70. The molecule has 0 radical (unpaired) electrons. The van der Waals surface area contributed by atoms with Gasteiger partial charge in [0.2, 0.25) is 5.91 Å². The molecule has 26 heavy (non-hydrogen) atoms. The SMILES string of the molecule is CNCCC(=O)NCc1ccc(-n2nc(C)cc2C)cc1C(F)(F)F.Cl. The first-order chi connectivity index (χ1) is 11.7. The van der Waals surface area contributed by atoms with Gasteiger partial charge in [0.05, 0.1) is 16.9 Å². The summed E-state index contributed by atoms with van der Waals surface area (Å²) in [6, 6.07) is 5.81. The number of aryl methyl sites for hydroxylation is 2. The van der Waals surface area contributed by atoms with Crippen LogP contribution in [0, 0.1) is 13.8 Å². The molecule has 2 rings (SSSR count). The number of alkyl halides is 3. The molecule has 0 aliphatic rings. The molecule has 0 fully saturated rings. The molecule has 9 heteroatoms. The molecule has 2 aromatic rings. The first kappa shape index (κ1) is 22.0. The monoisotopic (exact) mass is 390 g/mol. The maximum Gasteiger partial charge on any atom is 0.416 e. The number of nitrogens with one attached hydrogen (secondary N) is 2. The fourth-order valence-corrected chi connectivity index (χ4v) is 2.53. The standard InChI is InChI=1S/C17H21F3N4O.ClH/c1-11-8-12(2)24(23-11)14-5-4-13(15(9-14)17(18,19)20)10-22-16(25)6-7-21-3;/h4-5,8-9,21H,6-7,10H2,1-3H3,(H,22,25);1H. The Hall–Kier alpha value is -2.06. The van der Waals surface area contributed by atoms with Crippen LogP contribution in [0.1, 0.15) is 28.9 Å². The summed E-state index contributed by atoms with van der Waals surface area (Å²) >= 11 is 0. The largest absolute Gasteiger partial charge is 0.416 e. The third-order valence-corrected chi connectivity index (χ3v) is 3.73. The lowest BCUT2D eigenvalue weighted by atomic mass is 10.1. The predicted octanol–water partition coefficient (Wildman–Crippen LogP) is 3.16. The Labute approximate surface area is 156 Å². The molecule has 0 bridgehead atoms. The van der Waals surface area contributed by atoms with Crippen molar-refractivity contribution in [2.45, 2.75) is 33.0 Å². The van der Waals surface area contributed by atoms with Crippen LogP contribution in [0.2, 0.25) is 0 Å². The Morgan fingerprint density at radius 1 is 1.23 bits per heavy atom. The van der Waals surface area contributed by atoms with Crippen molar-refractivity contribution in [3.05, 3.63) is 46.8 Å². The summed E-state index contributed by atoms with van der Waals surface area (Å²) in [6.07, 6.45) is -4.31. The lowest BCUT2D eigenvalue weighted by molar-refractivity contribution is -0.138. The van der Waals surface area contributed by atoms with Gasteiger partial charge >= 0.3 is 6.18 Å². The number of carbonyl (C=O) groups is 1. The second kappa shape index (κ2) is 9.05. The highest BCUT2D eigenvalue weighted by molar-refractivity contribution is 5.85. The fourth-order valence-electron chi connectivity index (χ4n) is 2.53. The fraction of sp³-hybridized carbons (Fsp3) is 0.412. The molecule has 0 saturated heterocycles. The molecule has 144 valence electrons. The Morgan fingerprint density at radius 3 is 2.46 bits per heavy atom. The van der Waals surface area contributed by atoms with E-state index in [0.717, 1.165) is 17.5 Å². The van der Waals surface area contributed by atoms with Gasteiger partial charge < -0.3 is 10.6 Å². The molecule has 5 nitrogen and oxygen atoms in total. The average molecular weight is 391 g/mol. The van der Waals surface area contributed by atoms with Crippen LogP contribution in [-0.4, -0.2) is 29.3 Å². The Balaban J connectivity index is 0.00000338. The molecule has 1 amide bonds. The van der Waals surface area contributed by atoms with Gasteiger partial charge in [-0.1, -0.05) is 6.07 Å². The van der Waals surface area contributed by atoms with Crippen molar-refractivity contribution in [2.75, 3.05) is 13.6 Å². The van der Waals surface area contributed by atoms with Crippen molar-refractivity contribution in [3.63, 3.8) is 0 Å². The molecule has 0 spiro atoms. The number of amides is 1. The van der Waals surface area contributed by atoms with Crippen molar-refractivity contribution in [3.8, 4) is 5.69 Å². The number of rotatable bonds is 6. The minimum atomic E-state index is -4.52. The summed E-state index contributed by atoms with van der Waals surface area (Å²) in [4.78, 5) is 11.6. The Morgan fingerprint density at radius 2 is 1.92 bits per heavy atom. The smallest absolute Gasteiger partial charge is 0.352 e.